The van der Waals surface area contributed by atoms with Gasteiger partial charge in [-0.15, -0.1) is 0 Å². The number of fused-ring (bicyclic) bond motifs is 3. The van der Waals surface area contributed by atoms with Crippen molar-refractivity contribution in [1.29, 1.82) is 0 Å². The lowest BCUT2D eigenvalue weighted by Crippen LogP contribution is -2.46. The highest BCUT2D eigenvalue weighted by Crippen LogP contribution is 2.26. The van der Waals surface area contributed by atoms with Crippen LogP contribution in [-0.4, -0.2) is 70.8 Å². The van der Waals surface area contributed by atoms with Crippen LogP contribution in [0.1, 0.15) is 25.1 Å². The van der Waals surface area contributed by atoms with Gasteiger partial charge in [-0.2, -0.15) is 0 Å². The summed E-state index contributed by atoms with van der Waals surface area (Å²) in [6.07, 6.45) is 4.80. The normalized spacial score (nSPS) is 21.7. The molecule has 0 aliphatic carbocycles. The predicted molar refractivity (Wildman–Crippen MR) is 102 cm³/mol. The lowest BCUT2D eigenvalue weighted by Gasteiger charge is -2.32. The van der Waals surface area contributed by atoms with Crippen molar-refractivity contribution in [2.24, 2.45) is 0 Å². The molecule has 144 valence electrons. The van der Waals surface area contributed by atoms with Gasteiger partial charge in [-0.05, 0) is 25.5 Å². The Bertz CT molecular complexity index is 842. The number of anilines is 1. The summed E-state index contributed by atoms with van der Waals surface area (Å²) in [5, 5.41) is 3.30. The Balaban J connectivity index is 1.21. The first-order valence-electron chi connectivity index (χ1n) is 9.97. The number of hydrogen-bond donors (Lipinski definition) is 1. The number of carbonyl (C=O) groups excluding carboxylic acids is 1. The Morgan fingerprint density at radius 1 is 1.30 bits per heavy atom. The van der Waals surface area contributed by atoms with E-state index in [-0.39, 0.29) is 5.91 Å². The highest BCUT2D eigenvalue weighted by Gasteiger charge is 2.25. The number of imidazole rings is 1. The molecule has 8 heteroatoms. The van der Waals surface area contributed by atoms with E-state index in [1.807, 2.05) is 11.1 Å². The van der Waals surface area contributed by atoms with E-state index in [0.717, 1.165) is 48.9 Å². The fourth-order valence-corrected chi connectivity index (χ4v) is 3.87. The predicted octanol–water partition coefficient (Wildman–Crippen LogP) is 0.752. The molecule has 2 fully saturated rings. The number of hydrogen-bond acceptors (Lipinski definition) is 6. The average Bonchev–Trinajstić information content (AvgIpc) is 2.95. The van der Waals surface area contributed by atoms with Crippen LogP contribution in [0.15, 0.2) is 12.3 Å². The third-order valence-corrected chi connectivity index (χ3v) is 5.85. The van der Waals surface area contributed by atoms with E-state index in [9.17, 15) is 4.79 Å². The first-order valence-corrected chi connectivity index (χ1v) is 9.97. The van der Waals surface area contributed by atoms with Gasteiger partial charge in [0.15, 0.2) is 5.65 Å². The van der Waals surface area contributed by atoms with Crippen LogP contribution in [0.5, 0.6) is 0 Å². The molecule has 5 rings (SSSR count). The molecule has 0 saturated carbocycles. The van der Waals surface area contributed by atoms with E-state index in [1.54, 1.807) is 0 Å². The topological polar surface area (TPSA) is 75.5 Å². The standard InChI is InChI=1S/C19H26N6O2/c26-18(3-9-27-13-14-2-4-20-14)24-7-8-25-17(12-24)22-16-10-15(11-21-19(16)25)23-5-1-6-23/h10-11,14,20H,1-9,12-13H2. The number of nitrogens with one attached hydrogen (secondary N) is 1. The lowest BCUT2D eigenvalue weighted by atomic mass is 10.1. The number of nitrogens with zero attached hydrogens (tertiary/aromatic N) is 5. The zero-order valence-electron chi connectivity index (χ0n) is 15.6. The van der Waals surface area contributed by atoms with E-state index < -0.39 is 0 Å². The maximum absolute atomic E-state index is 12.5. The second-order valence-electron chi connectivity index (χ2n) is 7.64. The van der Waals surface area contributed by atoms with Crippen LogP contribution in [0, 0.1) is 0 Å². The first kappa shape index (κ1) is 16.9. The van der Waals surface area contributed by atoms with Crippen LogP contribution in [0.25, 0.3) is 11.2 Å². The molecule has 27 heavy (non-hydrogen) atoms. The maximum atomic E-state index is 12.5. The maximum Gasteiger partial charge on any atom is 0.225 e. The number of carbonyl (C=O) groups is 1. The monoisotopic (exact) mass is 370 g/mol. The fourth-order valence-electron chi connectivity index (χ4n) is 3.87. The van der Waals surface area contributed by atoms with Crippen molar-refractivity contribution < 1.29 is 9.53 Å². The summed E-state index contributed by atoms with van der Waals surface area (Å²) in [6.45, 7) is 6.48. The molecule has 5 heterocycles. The van der Waals surface area contributed by atoms with Gasteiger partial charge in [-0.1, -0.05) is 0 Å². The zero-order valence-corrected chi connectivity index (χ0v) is 15.6. The van der Waals surface area contributed by atoms with Gasteiger partial charge in [0, 0.05) is 32.2 Å². The van der Waals surface area contributed by atoms with Gasteiger partial charge in [-0.25, -0.2) is 9.97 Å². The fraction of sp³-hybridized carbons (Fsp3) is 0.632. The van der Waals surface area contributed by atoms with Crippen LogP contribution in [0.3, 0.4) is 0 Å². The van der Waals surface area contributed by atoms with Crippen LogP contribution >= 0.6 is 0 Å². The minimum Gasteiger partial charge on any atom is -0.379 e. The molecule has 8 nitrogen and oxygen atoms in total. The van der Waals surface area contributed by atoms with Crippen molar-refractivity contribution in [1.82, 2.24) is 24.8 Å². The quantitative estimate of drug-likeness (QED) is 0.757. The van der Waals surface area contributed by atoms with Crippen LogP contribution in [0.4, 0.5) is 5.69 Å². The van der Waals surface area contributed by atoms with Crippen molar-refractivity contribution in [3.05, 3.63) is 18.1 Å². The second-order valence-corrected chi connectivity index (χ2v) is 7.64. The van der Waals surface area contributed by atoms with Crippen molar-refractivity contribution in [2.75, 3.05) is 44.3 Å². The van der Waals surface area contributed by atoms with Crippen molar-refractivity contribution >= 4 is 22.8 Å². The summed E-state index contributed by atoms with van der Waals surface area (Å²) in [5.41, 5.74) is 3.01. The first-order chi connectivity index (χ1) is 13.3. The number of pyridine rings is 1. The third kappa shape index (κ3) is 3.27. The highest BCUT2D eigenvalue weighted by molar-refractivity contribution is 5.78. The summed E-state index contributed by atoms with van der Waals surface area (Å²) in [4.78, 5) is 26.1. The van der Waals surface area contributed by atoms with Crippen molar-refractivity contribution in [2.45, 2.75) is 38.4 Å². The van der Waals surface area contributed by atoms with E-state index in [4.69, 9.17) is 9.72 Å². The van der Waals surface area contributed by atoms with Crippen LogP contribution in [-0.2, 0) is 22.6 Å². The van der Waals surface area contributed by atoms with Crippen molar-refractivity contribution in [3.8, 4) is 0 Å². The zero-order chi connectivity index (χ0) is 18.2. The van der Waals surface area contributed by atoms with Crippen molar-refractivity contribution in [3.63, 3.8) is 0 Å². The molecule has 1 amide bonds. The molecule has 3 aliphatic heterocycles. The van der Waals surface area contributed by atoms with Gasteiger partial charge in [-0.3, -0.25) is 4.79 Å². The molecule has 3 aliphatic rings. The highest BCUT2D eigenvalue weighted by atomic mass is 16.5. The molecule has 0 bridgehead atoms. The molecule has 1 atom stereocenters. The number of ether oxygens (including phenoxy) is 1. The smallest absolute Gasteiger partial charge is 0.225 e. The minimum atomic E-state index is 0.143. The van der Waals surface area contributed by atoms with E-state index in [2.05, 4.69) is 25.8 Å². The SMILES string of the molecule is O=C(CCOCC1CCN1)N1CCn2c(nc3cc(N4CCC4)cnc32)C1. The van der Waals surface area contributed by atoms with Gasteiger partial charge in [0.05, 0.1) is 38.1 Å². The molecule has 2 aromatic heterocycles. The third-order valence-electron chi connectivity index (χ3n) is 5.85. The molecular formula is C19H26N6O2. The Kier molecular flexibility index (Phi) is 4.45. The molecule has 0 spiro atoms. The minimum absolute atomic E-state index is 0.143. The van der Waals surface area contributed by atoms with Gasteiger partial charge >= 0.3 is 0 Å². The molecule has 0 radical (unpaired) electrons. The van der Waals surface area contributed by atoms with E-state index in [0.29, 0.717) is 38.8 Å². The van der Waals surface area contributed by atoms with Gasteiger partial charge in [0.25, 0.3) is 0 Å². The Morgan fingerprint density at radius 3 is 2.93 bits per heavy atom. The second kappa shape index (κ2) is 7.09. The van der Waals surface area contributed by atoms with E-state index >= 15 is 0 Å². The summed E-state index contributed by atoms with van der Waals surface area (Å²) < 4.78 is 7.77. The Morgan fingerprint density at radius 2 is 2.19 bits per heavy atom. The molecule has 0 aromatic carbocycles. The number of rotatable bonds is 6. The molecule has 2 saturated heterocycles. The largest absolute Gasteiger partial charge is 0.379 e. The summed E-state index contributed by atoms with van der Waals surface area (Å²) >= 11 is 0. The summed E-state index contributed by atoms with van der Waals surface area (Å²) in [7, 11) is 0. The van der Waals surface area contributed by atoms with Gasteiger partial charge < -0.3 is 24.4 Å². The lowest BCUT2D eigenvalue weighted by molar-refractivity contribution is -0.134. The molecule has 2 aromatic rings. The van der Waals surface area contributed by atoms with Crippen LogP contribution in [0.2, 0.25) is 0 Å². The summed E-state index contributed by atoms with van der Waals surface area (Å²) in [5.74, 6) is 1.07. The average molecular weight is 370 g/mol. The Hall–Kier alpha value is -2.19. The number of aromatic nitrogens is 3. The van der Waals surface area contributed by atoms with Gasteiger partial charge in [0.2, 0.25) is 5.91 Å². The summed E-state index contributed by atoms with van der Waals surface area (Å²) in [6, 6.07) is 2.60. The number of amides is 1. The van der Waals surface area contributed by atoms with Gasteiger partial charge in [0.1, 0.15) is 11.3 Å². The molecule has 1 unspecified atom stereocenters. The Labute approximate surface area is 158 Å². The molecular weight excluding hydrogens is 344 g/mol. The van der Waals surface area contributed by atoms with E-state index in [1.165, 1.54) is 12.8 Å². The molecule has 1 N–H and O–H groups in total. The van der Waals surface area contributed by atoms with Crippen LogP contribution < -0.4 is 10.2 Å².